The van der Waals surface area contributed by atoms with E-state index in [0.29, 0.717) is 18.8 Å². The van der Waals surface area contributed by atoms with Gasteiger partial charge >= 0.3 is 0 Å². The van der Waals surface area contributed by atoms with Crippen molar-refractivity contribution in [2.45, 2.75) is 20.3 Å². The molecule has 0 saturated heterocycles. The van der Waals surface area contributed by atoms with Crippen molar-refractivity contribution in [2.75, 3.05) is 11.6 Å². The van der Waals surface area contributed by atoms with Gasteiger partial charge in [0.05, 0.1) is 17.1 Å². The van der Waals surface area contributed by atoms with E-state index in [-0.39, 0.29) is 0 Å². The topological polar surface area (TPSA) is 92.7 Å². The molecule has 142 valence electrons. The Kier molecular flexibility index (Phi) is 6.18. The van der Waals surface area contributed by atoms with Crippen LogP contribution in [0.15, 0.2) is 58.9 Å². The number of aryl methyl sites for hydroxylation is 1. The van der Waals surface area contributed by atoms with Gasteiger partial charge < -0.3 is 0 Å². The largest absolute Gasteiger partial charge is 0.294 e. The summed E-state index contributed by atoms with van der Waals surface area (Å²) in [5.74, 6) is 6.90. The van der Waals surface area contributed by atoms with Crippen LogP contribution in [-0.2, 0) is 6.42 Å². The van der Waals surface area contributed by atoms with Crippen LogP contribution in [-0.4, -0.2) is 34.4 Å². The maximum Gasteiger partial charge on any atom is 0.146 e. The smallest absolute Gasteiger partial charge is 0.146 e. The Balaban J connectivity index is 1.77. The van der Waals surface area contributed by atoms with Crippen molar-refractivity contribution in [3.8, 4) is 11.3 Å². The van der Waals surface area contributed by atoms with Gasteiger partial charge in [0.2, 0.25) is 0 Å². The lowest BCUT2D eigenvalue weighted by Gasteiger charge is -2.18. The number of hydrazine groups is 1. The van der Waals surface area contributed by atoms with Crippen LogP contribution in [0.3, 0.4) is 0 Å². The Labute approximate surface area is 164 Å². The monoisotopic (exact) mass is 373 g/mol. The highest BCUT2D eigenvalue weighted by molar-refractivity contribution is 5.73. The third-order valence-electron chi connectivity index (χ3n) is 4.30. The molecule has 3 aromatic rings. The van der Waals surface area contributed by atoms with Crippen molar-refractivity contribution < 1.29 is 0 Å². The van der Waals surface area contributed by atoms with Crippen LogP contribution in [0.4, 0.5) is 17.2 Å². The van der Waals surface area contributed by atoms with Crippen molar-refractivity contribution in [1.82, 2.24) is 15.0 Å². The van der Waals surface area contributed by atoms with Gasteiger partial charge in [-0.2, -0.15) is 0 Å². The molecule has 2 N–H and O–H groups in total. The van der Waals surface area contributed by atoms with Crippen LogP contribution in [0.5, 0.6) is 0 Å². The first-order valence-electron chi connectivity index (χ1n) is 8.97. The second-order valence-corrected chi connectivity index (χ2v) is 6.22. The van der Waals surface area contributed by atoms with E-state index < -0.39 is 0 Å². The molecular weight excluding hydrogens is 350 g/mol. The summed E-state index contributed by atoms with van der Waals surface area (Å²) in [6.45, 7) is 8.01. The number of anilines is 1. The van der Waals surface area contributed by atoms with Gasteiger partial charge in [-0.05, 0) is 50.7 Å². The van der Waals surface area contributed by atoms with Crippen molar-refractivity contribution in [3.05, 3.63) is 60.2 Å². The van der Waals surface area contributed by atoms with Gasteiger partial charge in [0.15, 0.2) is 0 Å². The summed E-state index contributed by atoms with van der Waals surface area (Å²) >= 11 is 0. The second-order valence-electron chi connectivity index (χ2n) is 6.22. The summed E-state index contributed by atoms with van der Waals surface area (Å²) in [4.78, 5) is 21.4. The third kappa shape index (κ3) is 4.44. The Morgan fingerprint density at radius 1 is 1.18 bits per heavy atom. The van der Waals surface area contributed by atoms with Gasteiger partial charge in [-0.3, -0.25) is 20.0 Å². The number of aromatic nitrogens is 3. The normalized spacial score (nSPS) is 11.0. The van der Waals surface area contributed by atoms with E-state index in [1.54, 1.807) is 17.4 Å². The van der Waals surface area contributed by atoms with E-state index in [9.17, 15) is 0 Å². The SMILES string of the molecule is C=Nc1cccc(CCN(N)c2cc(-c3ccc(C)nc3)ncn2)c1/N=C\C. The van der Waals surface area contributed by atoms with E-state index in [4.69, 9.17) is 5.84 Å². The number of para-hydroxylation sites is 1. The molecular formula is C21H23N7. The fourth-order valence-electron chi connectivity index (χ4n) is 2.82. The van der Waals surface area contributed by atoms with Crippen molar-refractivity contribution in [3.63, 3.8) is 0 Å². The number of hydrogen-bond acceptors (Lipinski definition) is 7. The lowest BCUT2D eigenvalue weighted by molar-refractivity contribution is 0.806. The molecule has 7 heteroatoms. The molecule has 0 spiro atoms. The van der Waals surface area contributed by atoms with Crippen LogP contribution in [0, 0.1) is 6.92 Å². The first kappa shape index (κ1) is 19.3. The van der Waals surface area contributed by atoms with Crippen LogP contribution in [0.1, 0.15) is 18.2 Å². The molecule has 0 saturated carbocycles. The molecule has 0 aliphatic heterocycles. The summed E-state index contributed by atoms with van der Waals surface area (Å²) in [6.07, 6.45) is 5.75. The molecule has 2 heterocycles. The quantitative estimate of drug-likeness (QED) is 0.386. The minimum absolute atomic E-state index is 0.565. The Bertz CT molecular complexity index is 980. The maximum absolute atomic E-state index is 6.26. The molecule has 0 aliphatic rings. The minimum atomic E-state index is 0.565. The number of nitrogens with zero attached hydrogens (tertiary/aromatic N) is 6. The number of hydrogen-bond donors (Lipinski definition) is 1. The minimum Gasteiger partial charge on any atom is -0.294 e. The zero-order valence-electron chi connectivity index (χ0n) is 16.1. The summed E-state index contributed by atoms with van der Waals surface area (Å²) in [5.41, 5.74) is 5.29. The number of benzene rings is 1. The summed E-state index contributed by atoms with van der Waals surface area (Å²) < 4.78 is 0. The predicted molar refractivity (Wildman–Crippen MR) is 115 cm³/mol. The van der Waals surface area contributed by atoms with Gasteiger partial charge in [-0.15, -0.1) is 0 Å². The molecule has 0 radical (unpaired) electrons. The highest BCUT2D eigenvalue weighted by Gasteiger charge is 2.10. The molecule has 0 unspecified atom stereocenters. The van der Waals surface area contributed by atoms with Gasteiger partial charge in [0, 0.05) is 36.3 Å². The molecule has 3 rings (SSSR count). The molecule has 0 aliphatic carbocycles. The second kappa shape index (κ2) is 8.96. The predicted octanol–water partition coefficient (Wildman–Crippen LogP) is 3.82. The zero-order valence-corrected chi connectivity index (χ0v) is 16.1. The fraction of sp³-hybridized carbons (Fsp3) is 0.190. The summed E-state index contributed by atoms with van der Waals surface area (Å²) in [6, 6.07) is 11.7. The van der Waals surface area contributed by atoms with Crippen LogP contribution in [0.2, 0.25) is 0 Å². The van der Waals surface area contributed by atoms with E-state index in [1.165, 1.54) is 6.33 Å². The average molecular weight is 373 g/mol. The van der Waals surface area contributed by atoms with Gasteiger partial charge in [0.1, 0.15) is 12.1 Å². The molecule has 28 heavy (non-hydrogen) atoms. The van der Waals surface area contributed by atoms with Crippen molar-refractivity contribution in [1.29, 1.82) is 0 Å². The first-order chi connectivity index (χ1) is 13.6. The van der Waals surface area contributed by atoms with Crippen molar-refractivity contribution in [2.24, 2.45) is 15.8 Å². The number of aliphatic imine (C=N–C) groups is 2. The molecule has 7 nitrogen and oxygen atoms in total. The average Bonchev–Trinajstić information content (AvgIpc) is 2.73. The number of nitrogens with two attached hydrogens (primary N) is 1. The number of pyridine rings is 1. The Morgan fingerprint density at radius 3 is 2.75 bits per heavy atom. The van der Waals surface area contributed by atoms with E-state index in [2.05, 4.69) is 31.7 Å². The van der Waals surface area contributed by atoms with Gasteiger partial charge in [-0.25, -0.2) is 15.8 Å². The van der Waals surface area contributed by atoms with Crippen LogP contribution in [0.25, 0.3) is 11.3 Å². The maximum atomic E-state index is 6.26. The van der Waals surface area contributed by atoms with Crippen LogP contribution < -0.4 is 10.9 Å². The molecule has 0 atom stereocenters. The van der Waals surface area contributed by atoms with E-state index in [1.807, 2.05) is 50.2 Å². The van der Waals surface area contributed by atoms with E-state index in [0.717, 1.165) is 33.9 Å². The summed E-state index contributed by atoms with van der Waals surface area (Å²) in [7, 11) is 0. The highest BCUT2D eigenvalue weighted by Crippen LogP contribution is 2.31. The zero-order chi connectivity index (χ0) is 19.9. The van der Waals surface area contributed by atoms with E-state index >= 15 is 0 Å². The molecule has 0 amide bonds. The first-order valence-corrected chi connectivity index (χ1v) is 8.97. The standard InChI is InChI=1S/C21H23N7/c1-4-24-21-16(6-5-7-18(21)23-3)10-11-28(22)20-12-19(26-14-27-20)17-9-8-15(2)25-13-17/h4-9,12-14H,3,10-11,22H2,1-2H3/b24-4-. The third-order valence-corrected chi connectivity index (χ3v) is 4.30. The fourth-order valence-corrected chi connectivity index (χ4v) is 2.82. The Hall–Kier alpha value is -3.45. The van der Waals surface area contributed by atoms with Crippen molar-refractivity contribution >= 4 is 30.1 Å². The van der Waals surface area contributed by atoms with Gasteiger partial charge in [-0.1, -0.05) is 12.1 Å². The Morgan fingerprint density at radius 2 is 2.04 bits per heavy atom. The molecule has 2 aromatic heterocycles. The molecule has 0 fully saturated rings. The summed E-state index contributed by atoms with van der Waals surface area (Å²) in [5, 5.41) is 1.61. The molecule has 1 aromatic carbocycles. The molecule has 0 bridgehead atoms. The number of rotatable bonds is 7. The van der Waals surface area contributed by atoms with Gasteiger partial charge in [0.25, 0.3) is 0 Å². The lowest BCUT2D eigenvalue weighted by atomic mass is 10.1. The van der Waals surface area contributed by atoms with Crippen LogP contribution >= 0.6 is 0 Å². The lowest BCUT2D eigenvalue weighted by Crippen LogP contribution is -2.33. The highest BCUT2D eigenvalue weighted by atomic mass is 15.4.